The lowest BCUT2D eigenvalue weighted by Crippen LogP contribution is -2.74. The highest BCUT2D eigenvalue weighted by Crippen LogP contribution is 2.38. The Hall–Kier alpha value is -7.41. The van der Waals surface area contributed by atoms with E-state index in [2.05, 4.69) is 209 Å². The lowest BCUT2D eigenvalue weighted by atomic mass is 10.00. The molecule has 0 N–H and O–H groups in total. The molecule has 6 heteroatoms. The van der Waals surface area contributed by atoms with Gasteiger partial charge in [-0.25, -0.2) is 0 Å². The molecule has 12 rings (SSSR count). The molecule has 0 atom stereocenters. The number of benzene rings is 8. The van der Waals surface area contributed by atoms with Crippen molar-refractivity contribution in [1.82, 2.24) is 24.1 Å². The Morgan fingerprint density at radius 3 is 1.19 bits per heavy atom. The van der Waals surface area contributed by atoms with E-state index >= 15 is 0 Å². The van der Waals surface area contributed by atoms with Crippen molar-refractivity contribution in [2.75, 3.05) is 0 Å². The van der Waals surface area contributed by atoms with Crippen LogP contribution in [0.25, 0.3) is 66.9 Å². The van der Waals surface area contributed by atoms with E-state index in [4.69, 9.17) is 15.0 Å². The van der Waals surface area contributed by atoms with Crippen LogP contribution in [0.15, 0.2) is 200 Å². The molecule has 4 heterocycles. The van der Waals surface area contributed by atoms with Crippen molar-refractivity contribution in [1.29, 1.82) is 0 Å². The van der Waals surface area contributed by atoms with Gasteiger partial charge in [0.05, 0.1) is 22.1 Å². The topological polar surface area (TPSA) is 48.5 Å². The fourth-order valence-electron chi connectivity index (χ4n) is 9.88. The minimum absolute atomic E-state index is 0.611. The number of nitrogens with zero attached hydrogens (tertiary/aromatic N) is 5. The third-order valence-corrected chi connectivity index (χ3v) is 17.2. The number of hydrogen-bond donors (Lipinski definition) is 0. The van der Waals surface area contributed by atoms with E-state index in [1.165, 1.54) is 53.4 Å². The van der Waals surface area contributed by atoms with Crippen molar-refractivity contribution < 1.29 is 0 Å². The second kappa shape index (κ2) is 13.3. The van der Waals surface area contributed by atoms with Gasteiger partial charge in [0.25, 0.3) is 0 Å². The van der Waals surface area contributed by atoms with E-state index in [1.807, 2.05) is 0 Å². The van der Waals surface area contributed by atoms with Crippen molar-refractivity contribution in [2.45, 2.75) is 12.8 Å². The van der Waals surface area contributed by atoms with Crippen LogP contribution >= 0.6 is 0 Å². The standard InChI is InChI=1S/C53H37N5Si/c1-4-18-39(19-5-1)59(40-20-6-2-7-21-40,41-22-8-3-9-23-41)42-34-32-38(33-35-42)51-54-52-56-53(55-51)58-48-29-13-11-25-44(48)46-27-15-17-37(50(46)58)31-30-36-16-14-26-45-43-24-10-12-28-47(43)57(52)49(36)45/h1-29,32-35H,30-31H2. The SMILES string of the molecule is c1ccc([Si](c2ccccc2)(c2ccccc2)c2ccc(-c3nc4nc(n3)-n3c5ccccc5c5cccc(c53)CCc3cccc5c6ccccc6n-4c35)cc2)cc1. The van der Waals surface area contributed by atoms with E-state index in [1.54, 1.807) is 0 Å². The molecule has 1 aliphatic heterocycles. The number of fused-ring (bicyclic) bond motifs is 10. The minimum atomic E-state index is -2.72. The normalized spacial score (nSPS) is 12.6. The lowest BCUT2D eigenvalue weighted by Gasteiger charge is -2.34. The summed E-state index contributed by atoms with van der Waals surface area (Å²) in [5.41, 5.74) is 7.95. The van der Waals surface area contributed by atoms with Gasteiger partial charge >= 0.3 is 0 Å². The third kappa shape index (κ3) is 5.06. The zero-order chi connectivity index (χ0) is 38.9. The summed E-state index contributed by atoms with van der Waals surface area (Å²) in [7, 11) is -2.72. The molecule has 0 spiro atoms. The van der Waals surface area contributed by atoms with Crippen LogP contribution in [0.5, 0.6) is 0 Å². The molecule has 2 bridgehead atoms. The Morgan fingerprint density at radius 2 is 0.729 bits per heavy atom. The zero-order valence-corrected chi connectivity index (χ0v) is 33.2. The van der Waals surface area contributed by atoms with Crippen LogP contribution in [-0.4, -0.2) is 32.2 Å². The second-order valence-electron chi connectivity index (χ2n) is 15.5. The summed E-state index contributed by atoms with van der Waals surface area (Å²) in [5.74, 6) is 1.85. The maximum absolute atomic E-state index is 5.44. The van der Waals surface area contributed by atoms with Crippen molar-refractivity contribution in [3.05, 3.63) is 211 Å². The van der Waals surface area contributed by atoms with Crippen LogP contribution in [0, 0.1) is 0 Å². The highest BCUT2D eigenvalue weighted by molar-refractivity contribution is 7.19. The molecule has 0 unspecified atom stereocenters. The molecule has 5 nitrogen and oxygen atoms in total. The second-order valence-corrected chi connectivity index (χ2v) is 19.3. The molecule has 0 saturated heterocycles. The first-order chi connectivity index (χ1) is 29.3. The predicted octanol–water partition coefficient (Wildman–Crippen LogP) is 9.21. The van der Waals surface area contributed by atoms with Gasteiger partial charge in [-0.15, -0.1) is 0 Å². The van der Waals surface area contributed by atoms with Gasteiger partial charge in [-0.1, -0.05) is 188 Å². The first-order valence-electron chi connectivity index (χ1n) is 20.3. The highest BCUT2D eigenvalue weighted by Gasteiger charge is 2.41. The van der Waals surface area contributed by atoms with E-state index in [0.29, 0.717) is 17.7 Å². The summed E-state index contributed by atoms with van der Waals surface area (Å²) in [6.07, 6.45) is 1.75. The Morgan fingerprint density at radius 1 is 0.339 bits per heavy atom. The van der Waals surface area contributed by atoms with Crippen molar-refractivity contribution in [2.24, 2.45) is 0 Å². The van der Waals surface area contributed by atoms with Gasteiger partial charge in [0.2, 0.25) is 11.9 Å². The van der Waals surface area contributed by atoms with Crippen molar-refractivity contribution in [3.8, 4) is 23.3 Å². The maximum atomic E-state index is 5.44. The number of aromatic nitrogens is 5. The molecular formula is C53H37N5Si. The molecule has 0 fully saturated rings. The number of hydrogen-bond acceptors (Lipinski definition) is 3. The van der Waals surface area contributed by atoms with Gasteiger partial charge in [-0.3, -0.25) is 9.13 Å². The number of aryl methyl sites for hydroxylation is 2. The number of para-hydroxylation sites is 4. The van der Waals surface area contributed by atoms with Gasteiger partial charge in [0.1, 0.15) is 0 Å². The molecule has 278 valence electrons. The van der Waals surface area contributed by atoms with E-state index in [0.717, 1.165) is 40.5 Å². The molecule has 0 aliphatic carbocycles. The van der Waals surface area contributed by atoms with Gasteiger partial charge in [0.15, 0.2) is 13.9 Å². The lowest BCUT2D eigenvalue weighted by molar-refractivity contribution is 0.892. The quantitative estimate of drug-likeness (QED) is 0.130. The first kappa shape index (κ1) is 33.7. The molecule has 8 aromatic carbocycles. The summed E-state index contributed by atoms with van der Waals surface area (Å²) in [5, 5.41) is 10.1. The summed E-state index contributed by atoms with van der Waals surface area (Å²) in [6.45, 7) is 0. The minimum Gasteiger partial charge on any atom is -0.277 e. The van der Waals surface area contributed by atoms with Crippen LogP contribution in [0.1, 0.15) is 11.1 Å². The van der Waals surface area contributed by atoms with Crippen LogP contribution in [-0.2, 0) is 12.8 Å². The third-order valence-electron chi connectivity index (χ3n) is 12.4. The maximum Gasteiger partial charge on any atom is 0.240 e. The molecule has 1 aliphatic rings. The van der Waals surface area contributed by atoms with E-state index < -0.39 is 8.07 Å². The molecule has 59 heavy (non-hydrogen) atoms. The molecular weight excluding hydrogens is 735 g/mol. The van der Waals surface area contributed by atoms with Crippen LogP contribution < -0.4 is 20.7 Å². The van der Waals surface area contributed by atoms with Gasteiger partial charge in [-0.05, 0) is 56.8 Å². The largest absolute Gasteiger partial charge is 0.277 e. The van der Waals surface area contributed by atoms with Crippen LogP contribution in [0.2, 0.25) is 0 Å². The molecule has 0 saturated carbocycles. The fraction of sp³-hybridized carbons (Fsp3) is 0.0377. The monoisotopic (exact) mass is 771 g/mol. The van der Waals surface area contributed by atoms with Gasteiger partial charge < -0.3 is 0 Å². The van der Waals surface area contributed by atoms with Crippen molar-refractivity contribution in [3.63, 3.8) is 0 Å². The smallest absolute Gasteiger partial charge is 0.240 e. The van der Waals surface area contributed by atoms with Gasteiger partial charge in [0, 0.05) is 27.1 Å². The average Bonchev–Trinajstić information content (AvgIpc) is 3.83. The fourth-order valence-corrected chi connectivity index (χ4v) is 14.6. The van der Waals surface area contributed by atoms with Crippen LogP contribution in [0.4, 0.5) is 0 Å². The van der Waals surface area contributed by atoms with Crippen molar-refractivity contribution >= 4 is 72.4 Å². The summed E-state index contributed by atoms with van der Waals surface area (Å²) < 4.78 is 4.56. The first-order valence-corrected chi connectivity index (χ1v) is 22.3. The van der Waals surface area contributed by atoms with Gasteiger partial charge in [-0.2, -0.15) is 15.0 Å². The molecule has 11 aromatic rings. The Kier molecular flexibility index (Phi) is 7.62. The number of rotatable bonds is 5. The summed E-state index contributed by atoms with van der Waals surface area (Å²) in [6, 6.07) is 72.9. The average molecular weight is 772 g/mol. The van der Waals surface area contributed by atoms with Crippen LogP contribution in [0.3, 0.4) is 0 Å². The summed E-state index contributed by atoms with van der Waals surface area (Å²) >= 11 is 0. The summed E-state index contributed by atoms with van der Waals surface area (Å²) in [4.78, 5) is 16.3. The predicted molar refractivity (Wildman–Crippen MR) is 245 cm³/mol. The Balaban J connectivity index is 1.14. The molecule has 0 radical (unpaired) electrons. The zero-order valence-electron chi connectivity index (χ0n) is 32.2. The molecule has 3 aromatic heterocycles. The Labute approximate surface area is 342 Å². The van der Waals surface area contributed by atoms with E-state index in [9.17, 15) is 0 Å². The molecule has 0 amide bonds. The van der Waals surface area contributed by atoms with E-state index in [-0.39, 0.29) is 0 Å². The Bertz CT molecular complexity index is 3140. The highest BCUT2D eigenvalue weighted by atomic mass is 28.3.